The molecule has 1 fully saturated rings. The standard InChI is InChI=1S/C28H28N6O4/c1-29-24-16-25(32-18-31-24)34-13-5-10-23(34)17-30-26(35)27(36)33-22-9-4-7-20(15-22)12-11-19-6-3-8-21(14-19)28(37)38-2/h3-4,6-9,14-16,18,23H,5,10,13,17H2,1-2H3,(H,30,35)(H,33,36)(H,29,31,32). The Morgan fingerprint density at radius 2 is 1.79 bits per heavy atom. The fourth-order valence-corrected chi connectivity index (χ4v) is 4.13. The number of esters is 1. The molecule has 0 bridgehead atoms. The van der Waals surface area contributed by atoms with Crippen molar-refractivity contribution in [2.24, 2.45) is 0 Å². The van der Waals surface area contributed by atoms with E-state index in [1.165, 1.54) is 13.4 Å². The van der Waals surface area contributed by atoms with E-state index in [9.17, 15) is 14.4 Å². The van der Waals surface area contributed by atoms with Crippen LogP contribution in [0.25, 0.3) is 0 Å². The van der Waals surface area contributed by atoms with Crippen molar-refractivity contribution < 1.29 is 19.1 Å². The SMILES string of the molecule is CNc1cc(N2CCCC2CNC(=O)C(=O)Nc2cccc(C#Cc3cccc(C(=O)OC)c3)c2)ncn1. The van der Waals surface area contributed by atoms with E-state index >= 15 is 0 Å². The summed E-state index contributed by atoms with van der Waals surface area (Å²) >= 11 is 0. The van der Waals surface area contributed by atoms with Gasteiger partial charge in [-0.1, -0.05) is 24.0 Å². The number of hydrogen-bond donors (Lipinski definition) is 3. The van der Waals surface area contributed by atoms with Crippen molar-refractivity contribution in [3.63, 3.8) is 0 Å². The first-order valence-electron chi connectivity index (χ1n) is 12.1. The highest BCUT2D eigenvalue weighted by atomic mass is 16.5. The molecule has 4 rings (SSSR count). The predicted molar refractivity (Wildman–Crippen MR) is 144 cm³/mol. The topological polar surface area (TPSA) is 126 Å². The summed E-state index contributed by atoms with van der Waals surface area (Å²) in [5.41, 5.74) is 2.14. The van der Waals surface area contributed by atoms with E-state index in [1.54, 1.807) is 55.6 Å². The molecule has 1 aliphatic heterocycles. The largest absolute Gasteiger partial charge is 0.465 e. The second-order valence-corrected chi connectivity index (χ2v) is 8.57. The lowest BCUT2D eigenvalue weighted by Gasteiger charge is -2.26. The molecule has 1 atom stereocenters. The molecule has 3 N–H and O–H groups in total. The summed E-state index contributed by atoms with van der Waals surface area (Å²) in [5, 5.41) is 8.36. The second-order valence-electron chi connectivity index (χ2n) is 8.57. The Morgan fingerprint density at radius 3 is 2.55 bits per heavy atom. The maximum atomic E-state index is 12.5. The van der Waals surface area contributed by atoms with E-state index in [0.29, 0.717) is 34.7 Å². The van der Waals surface area contributed by atoms with Crippen LogP contribution in [-0.2, 0) is 14.3 Å². The third kappa shape index (κ3) is 6.64. The van der Waals surface area contributed by atoms with Gasteiger partial charge < -0.3 is 25.6 Å². The lowest BCUT2D eigenvalue weighted by molar-refractivity contribution is -0.136. The van der Waals surface area contributed by atoms with Gasteiger partial charge in [0.1, 0.15) is 18.0 Å². The van der Waals surface area contributed by atoms with Crippen molar-refractivity contribution in [3.05, 3.63) is 77.6 Å². The van der Waals surface area contributed by atoms with Crippen LogP contribution in [0.15, 0.2) is 60.9 Å². The number of rotatable bonds is 6. The van der Waals surface area contributed by atoms with Crippen LogP contribution < -0.4 is 20.9 Å². The first-order valence-corrected chi connectivity index (χ1v) is 12.1. The number of carbonyl (C=O) groups is 3. The smallest absolute Gasteiger partial charge is 0.337 e. The lowest BCUT2D eigenvalue weighted by atomic mass is 10.1. The number of ether oxygens (including phenoxy) is 1. The van der Waals surface area contributed by atoms with Gasteiger partial charge in [0.2, 0.25) is 0 Å². The van der Waals surface area contributed by atoms with Crippen molar-refractivity contribution in [1.82, 2.24) is 15.3 Å². The number of amides is 2. The van der Waals surface area contributed by atoms with Crippen molar-refractivity contribution in [1.29, 1.82) is 0 Å². The zero-order valence-corrected chi connectivity index (χ0v) is 21.2. The minimum absolute atomic E-state index is 0.0302. The lowest BCUT2D eigenvalue weighted by Crippen LogP contribution is -2.44. The van der Waals surface area contributed by atoms with E-state index in [2.05, 4.69) is 42.7 Å². The Labute approximate surface area is 220 Å². The zero-order valence-electron chi connectivity index (χ0n) is 21.2. The number of benzene rings is 2. The summed E-state index contributed by atoms with van der Waals surface area (Å²) in [5.74, 6) is 5.58. The van der Waals surface area contributed by atoms with Crippen LogP contribution >= 0.6 is 0 Å². The van der Waals surface area contributed by atoms with Gasteiger partial charge in [-0.05, 0) is 49.2 Å². The molecule has 38 heavy (non-hydrogen) atoms. The maximum absolute atomic E-state index is 12.5. The van der Waals surface area contributed by atoms with E-state index in [0.717, 1.165) is 25.2 Å². The minimum Gasteiger partial charge on any atom is -0.465 e. The second kappa shape index (κ2) is 12.4. The molecule has 10 heteroatoms. The molecular weight excluding hydrogens is 484 g/mol. The number of anilines is 3. The van der Waals surface area contributed by atoms with Gasteiger partial charge in [0.25, 0.3) is 0 Å². The number of nitrogens with zero attached hydrogens (tertiary/aromatic N) is 3. The van der Waals surface area contributed by atoms with Crippen molar-refractivity contribution in [2.45, 2.75) is 18.9 Å². The van der Waals surface area contributed by atoms with Gasteiger partial charge in [0, 0.05) is 49.1 Å². The minimum atomic E-state index is -0.759. The van der Waals surface area contributed by atoms with Gasteiger partial charge in [0.05, 0.1) is 12.7 Å². The van der Waals surface area contributed by atoms with E-state index in [1.807, 2.05) is 6.07 Å². The quantitative estimate of drug-likeness (QED) is 0.261. The normalized spacial score (nSPS) is 14.2. The monoisotopic (exact) mass is 512 g/mol. The molecule has 3 aromatic rings. The van der Waals surface area contributed by atoms with Crippen LogP contribution in [0.5, 0.6) is 0 Å². The van der Waals surface area contributed by atoms with Crippen LogP contribution in [0, 0.1) is 11.8 Å². The average molecular weight is 513 g/mol. The van der Waals surface area contributed by atoms with Crippen molar-refractivity contribution >= 4 is 35.1 Å². The summed E-state index contributed by atoms with van der Waals surface area (Å²) in [6, 6.07) is 15.6. The number of carbonyl (C=O) groups excluding carboxylic acids is 3. The molecule has 0 saturated carbocycles. The molecule has 10 nitrogen and oxygen atoms in total. The number of aromatic nitrogens is 2. The Balaban J connectivity index is 1.34. The molecule has 2 aromatic carbocycles. The summed E-state index contributed by atoms with van der Waals surface area (Å²) in [6.45, 7) is 1.13. The third-order valence-electron chi connectivity index (χ3n) is 6.04. The molecule has 194 valence electrons. The van der Waals surface area contributed by atoms with Gasteiger partial charge in [-0.2, -0.15) is 0 Å². The molecule has 1 aliphatic rings. The molecule has 1 unspecified atom stereocenters. The van der Waals surface area contributed by atoms with Crippen molar-refractivity contribution in [3.8, 4) is 11.8 Å². The zero-order chi connectivity index (χ0) is 26.9. The summed E-state index contributed by atoms with van der Waals surface area (Å²) in [6.07, 6.45) is 3.34. The van der Waals surface area contributed by atoms with Crippen molar-refractivity contribution in [2.75, 3.05) is 42.8 Å². The van der Waals surface area contributed by atoms with Crippen LogP contribution in [0.4, 0.5) is 17.3 Å². The van der Waals surface area contributed by atoms with Gasteiger partial charge >= 0.3 is 17.8 Å². The average Bonchev–Trinajstić information content (AvgIpc) is 3.43. The van der Waals surface area contributed by atoms with E-state index in [-0.39, 0.29) is 6.04 Å². The molecule has 2 heterocycles. The van der Waals surface area contributed by atoms with Crippen LogP contribution in [0.2, 0.25) is 0 Å². The Morgan fingerprint density at radius 1 is 1.03 bits per heavy atom. The third-order valence-corrected chi connectivity index (χ3v) is 6.04. The first-order chi connectivity index (χ1) is 18.5. The van der Waals surface area contributed by atoms with E-state index in [4.69, 9.17) is 4.74 Å². The Bertz CT molecular complexity index is 1400. The summed E-state index contributed by atoms with van der Waals surface area (Å²) in [4.78, 5) is 47.4. The molecular formula is C28H28N6O4. The maximum Gasteiger partial charge on any atom is 0.337 e. The fraction of sp³-hybridized carbons (Fsp3) is 0.250. The Hall–Kier alpha value is -4.91. The molecule has 2 amide bonds. The fourth-order valence-electron chi connectivity index (χ4n) is 4.13. The van der Waals surface area contributed by atoms with Gasteiger partial charge in [-0.15, -0.1) is 0 Å². The Kier molecular flexibility index (Phi) is 8.51. The highest BCUT2D eigenvalue weighted by Gasteiger charge is 2.27. The van der Waals surface area contributed by atoms with Gasteiger partial charge in [-0.25, -0.2) is 14.8 Å². The number of hydrogen-bond acceptors (Lipinski definition) is 8. The van der Waals surface area contributed by atoms with Gasteiger partial charge in [-0.3, -0.25) is 9.59 Å². The van der Waals surface area contributed by atoms with Crippen LogP contribution in [0.3, 0.4) is 0 Å². The highest BCUT2D eigenvalue weighted by molar-refractivity contribution is 6.39. The van der Waals surface area contributed by atoms with E-state index < -0.39 is 17.8 Å². The number of methoxy groups -OCH3 is 1. The molecule has 0 radical (unpaired) electrons. The summed E-state index contributed by atoms with van der Waals surface area (Å²) < 4.78 is 4.74. The highest BCUT2D eigenvalue weighted by Crippen LogP contribution is 2.24. The van der Waals surface area contributed by atoms with Crippen LogP contribution in [0.1, 0.15) is 34.3 Å². The molecule has 0 spiro atoms. The molecule has 0 aliphatic carbocycles. The first kappa shape index (κ1) is 26.2. The summed E-state index contributed by atoms with van der Waals surface area (Å²) in [7, 11) is 3.12. The molecule has 1 saturated heterocycles. The van der Waals surface area contributed by atoms with Gasteiger partial charge in [0.15, 0.2) is 0 Å². The number of nitrogens with one attached hydrogen (secondary N) is 3. The van der Waals surface area contributed by atoms with Crippen LogP contribution in [-0.4, -0.2) is 61.0 Å². The predicted octanol–water partition coefficient (Wildman–Crippen LogP) is 2.43. The molecule has 1 aromatic heterocycles.